The first-order chi connectivity index (χ1) is 29.0. The fourth-order valence-corrected chi connectivity index (χ4v) is 8.70. The van der Waals surface area contributed by atoms with Crippen LogP contribution in [0, 0.1) is 0 Å². The molecule has 0 spiro atoms. The number of hydrogen-bond acceptors (Lipinski definition) is 5. The molecule has 2 heterocycles. The third-order valence-electron chi connectivity index (χ3n) is 11.7. The molecule has 59 heavy (non-hydrogen) atoms. The summed E-state index contributed by atoms with van der Waals surface area (Å²) in [4.78, 5) is 17.5. The van der Waals surface area contributed by atoms with E-state index in [1.54, 1.807) is 0 Å². The average Bonchev–Trinajstić information content (AvgIpc) is 3.78. The van der Waals surface area contributed by atoms with Crippen molar-refractivity contribution in [3.63, 3.8) is 0 Å². The van der Waals surface area contributed by atoms with E-state index >= 15 is 0 Å². The summed E-state index contributed by atoms with van der Waals surface area (Å²) in [5, 5.41) is 2.08. The van der Waals surface area contributed by atoms with E-state index in [2.05, 4.69) is 170 Å². The van der Waals surface area contributed by atoms with Crippen LogP contribution in [0.4, 0.5) is 17.1 Å². The monoisotopic (exact) mass is 758 g/mol. The molecule has 0 saturated heterocycles. The first-order valence-electron chi connectivity index (χ1n) is 20.0. The summed E-state index contributed by atoms with van der Waals surface area (Å²) in [6, 6.07) is 67.8. The Hall–Kier alpha value is -7.63. The fourth-order valence-electron chi connectivity index (χ4n) is 8.70. The van der Waals surface area contributed by atoms with Gasteiger partial charge >= 0.3 is 0 Å². The molecule has 5 heteroatoms. The summed E-state index contributed by atoms with van der Waals surface area (Å²) in [7, 11) is 0. The zero-order chi connectivity index (χ0) is 39.5. The highest BCUT2D eigenvalue weighted by Crippen LogP contribution is 2.49. The third kappa shape index (κ3) is 5.98. The zero-order valence-electron chi connectivity index (χ0n) is 32.7. The molecular weight excluding hydrogens is 721 g/mol. The highest BCUT2D eigenvalue weighted by atomic mass is 16.3. The van der Waals surface area contributed by atoms with Gasteiger partial charge in [-0.05, 0) is 88.0 Å². The maximum Gasteiger partial charge on any atom is 0.164 e. The molecule has 0 unspecified atom stereocenters. The second kappa shape index (κ2) is 13.8. The number of furan rings is 1. The van der Waals surface area contributed by atoms with Gasteiger partial charge < -0.3 is 9.32 Å². The summed E-state index contributed by atoms with van der Waals surface area (Å²) in [6.07, 6.45) is 0. The zero-order valence-corrected chi connectivity index (χ0v) is 32.7. The molecule has 0 atom stereocenters. The molecular formula is C54H38N4O. The number of fused-ring (bicyclic) bond motifs is 6. The molecule has 8 aromatic carbocycles. The van der Waals surface area contributed by atoms with Gasteiger partial charge in [0.25, 0.3) is 0 Å². The van der Waals surface area contributed by atoms with Crippen molar-refractivity contribution in [2.24, 2.45) is 0 Å². The Morgan fingerprint density at radius 1 is 0.373 bits per heavy atom. The normalized spacial score (nSPS) is 12.7. The van der Waals surface area contributed by atoms with E-state index in [0.29, 0.717) is 17.5 Å². The second-order valence-corrected chi connectivity index (χ2v) is 15.7. The lowest BCUT2D eigenvalue weighted by Crippen LogP contribution is -2.15. The first kappa shape index (κ1) is 34.6. The molecule has 0 saturated carbocycles. The summed E-state index contributed by atoms with van der Waals surface area (Å²) in [6.45, 7) is 4.59. The smallest absolute Gasteiger partial charge is 0.164 e. The van der Waals surface area contributed by atoms with Crippen molar-refractivity contribution in [1.82, 2.24) is 15.0 Å². The molecule has 0 bridgehead atoms. The van der Waals surface area contributed by atoms with Crippen LogP contribution < -0.4 is 4.90 Å². The van der Waals surface area contributed by atoms with Crippen molar-refractivity contribution < 1.29 is 4.42 Å². The summed E-state index contributed by atoms with van der Waals surface area (Å²) in [5.74, 6) is 1.85. The molecule has 11 rings (SSSR count). The number of para-hydroxylation sites is 1. The minimum Gasteiger partial charge on any atom is -0.456 e. The minimum absolute atomic E-state index is 0.141. The van der Waals surface area contributed by atoms with Crippen LogP contribution in [-0.2, 0) is 5.41 Å². The van der Waals surface area contributed by atoms with Crippen LogP contribution in [0.25, 0.3) is 78.4 Å². The van der Waals surface area contributed by atoms with Gasteiger partial charge in [-0.25, -0.2) is 15.0 Å². The average molecular weight is 759 g/mol. The van der Waals surface area contributed by atoms with Crippen molar-refractivity contribution in [3.8, 4) is 56.4 Å². The van der Waals surface area contributed by atoms with Crippen molar-refractivity contribution >= 4 is 39.0 Å². The topological polar surface area (TPSA) is 55.1 Å². The van der Waals surface area contributed by atoms with Crippen LogP contribution >= 0.6 is 0 Å². The van der Waals surface area contributed by atoms with Gasteiger partial charge in [0, 0.05) is 56.0 Å². The lowest BCUT2D eigenvalue weighted by Gasteiger charge is -2.25. The second-order valence-electron chi connectivity index (χ2n) is 15.7. The van der Waals surface area contributed by atoms with E-state index < -0.39 is 0 Å². The van der Waals surface area contributed by atoms with Crippen LogP contribution in [0.2, 0.25) is 0 Å². The van der Waals surface area contributed by atoms with Crippen LogP contribution in [0.3, 0.4) is 0 Å². The van der Waals surface area contributed by atoms with Gasteiger partial charge in [-0.15, -0.1) is 0 Å². The summed E-state index contributed by atoms with van der Waals surface area (Å²) < 4.78 is 6.69. The Balaban J connectivity index is 0.994. The Morgan fingerprint density at radius 2 is 0.847 bits per heavy atom. The lowest BCUT2D eigenvalue weighted by molar-refractivity contribution is 0.660. The summed E-state index contributed by atoms with van der Waals surface area (Å²) >= 11 is 0. The molecule has 5 nitrogen and oxygen atoms in total. The quantitative estimate of drug-likeness (QED) is 0.162. The number of aromatic nitrogens is 3. The van der Waals surface area contributed by atoms with Crippen LogP contribution in [0.1, 0.15) is 25.0 Å². The standard InChI is InChI=1S/C54H38N4O/c1-54(2)47-21-13-12-20-43(47)44-29-24-38(32-48(44)54)52-55-51(37-16-8-4-9-17-37)56-53(57-52)39-25-30-45-46-31-28-42(34-50(46)59-49(45)33-39)58(40-18-10-5-11-19-40)41-26-22-36(23-27-41)35-14-6-3-7-15-35/h3-34H,1-2H3. The van der Waals surface area contributed by atoms with Crippen LogP contribution in [0.15, 0.2) is 199 Å². The Kier molecular flexibility index (Phi) is 8.09. The van der Waals surface area contributed by atoms with E-state index in [1.807, 2.05) is 42.5 Å². The number of hydrogen-bond donors (Lipinski definition) is 0. The predicted octanol–water partition coefficient (Wildman–Crippen LogP) is 14.2. The molecule has 1 aliphatic rings. The molecule has 2 aromatic heterocycles. The maximum absolute atomic E-state index is 6.69. The van der Waals surface area contributed by atoms with Gasteiger partial charge in [0.2, 0.25) is 0 Å². The molecule has 280 valence electrons. The number of rotatable bonds is 7. The maximum atomic E-state index is 6.69. The Bertz CT molecular complexity index is 3170. The van der Waals surface area contributed by atoms with Gasteiger partial charge in [-0.1, -0.05) is 147 Å². The highest BCUT2D eigenvalue weighted by molar-refractivity contribution is 6.07. The van der Waals surface area contributed by atoms with Crippen LogP contribution in [0.5, 0.6) is 0 Å². The molecule has 0 amide bonds. The van der Waals surface area contributed by atoms with Gasteiger partial charge in [0.1, 0.15) is 11.2 Å². The van der Waals surface area contributed by atoms with Crippen LogP contribution in [-0.4, -0.2) is 15.0 Å². The molecule has 0 aliphatic heterocycles. The van der Waals surface area contributed by atoms with Gasteiger partial charge in [-0.2, -0.15) is 0 Å². The van der Waals surface area contributed by atoms with E-state index in [9.17, 15) is 0 Å². The molecule has 10 aromatic rings. The van der Waals surface area contributed by atoms with E-state index in [-0.39, 0.29) is 5.41 Å². The molecule has 0 radical (unpaired) electrons. The predicted molar refractivity (Wildman–Crippen MR) is 241 cm³/mol. The van der Waals surface area contributed by atoms with Crippen molar-refractivity contribution in [1.29, 1.82) is 0 Å². The SMILES string of the molecule is CC1(C)c2ccccc2-c2ccc(-c3nc(-c4ccccc4)nc(-c4ccc5c(c4)oc4cc(N(c6ccccc6)c6ccc(-c7ccccc7)cc6)ccc45)n3)cc21. The number of anilines is 3. The molecule has 1 aliphatic carbocycles. The van der Waals surface area contributed by atoms with E-state index in [1.165, 1.54) is 33.4 Å². The highest BCUT2D eigenvalue weighted by Gasteiger charge is 2.35. The first-order valence-corrected chi connectivity index (χ1v) is 20.0. The van der Waals surface area contributed by atoms with Crippen molar-refractivity contribution in [2.45, 2.75) is 19.3 Å². The van der Waals surface area contributed by atoms with Gasteiger partial charge in [-0.3, -0.25) is 0 Å². The van der Waals surface area contributed by atoms with Crippen molar-refractivity contribution in [2.75, 3.05) is 4.90 Å². The van der Waals surface area contributed by atoms with E-state index in [4.69, 9.17) is 19.4 Å². The largest absolute Gasteiger partial charge is 0.456 e. The lowest BCUT2D eigenvalue weighted by atomic mass is 9.82. The minimum atomic E-state index is -0.141. The molecule has 0 N–H and O–H groups in total. The third-order valence-corrected chi connectivity index (χ3v) is 11.7. The number of benzene rings is 8. The Labute approximate surface area is 342 Å². The van der Waals surface area contributed by atoms with Gasteiger partial charge in [0.05, 0.1) is 0 Å². The summed E-state index contributed by atoms with van der Waals surface area (Å²) in [5.41, 5.74) is 14.8. The molecule has 0 fully saturated rings. The van der Waals surface area contributed by atoms with Gasteiger partial charge in [0.15, 0.2) is 17.5 Å². The fraction of sp³-hybridized carbons (Fsp3) is 0.0556. The van der Waals surface area contributed by atoms with Crippen molar-refractivity contribution in [3.05, 3.63) is 205 Å². The Morgan fingerprint density at radius 3 is 1.56 bits per heavy atom. The number of nitrogens with zero attached hydrogens (tertiary/aromatic N) is 4. The van der Waals surface area contributed by atoms with E-state index in [0.717, 1.165) is 55.7 Å².